The van der Waals surface area contributed by atoms with Crippen LogP contribution in [-0.4, -0.2) is 30.5 Å². The second-order valence-electron chi connectivity index (χ2n) is 4.01. The van der Waals surface area contributed by atoms with Crippen LogP contribution >= 0.6 is 0 Å². The Bertz CT molecular complexity index is 262. The van der Waals surface area contributed by atoms with Crippen LogP contribution < -0.4 is 21.9 Å². The highest BCUT2D eigenvalue weighted by Gasteiger charge is 2.22. The minimum Gasteiger partial charge on any atom is -0.354 e. The summed E-state index contributed by atoms with van der Waals surface area (Å²) in [6, 6.07) is 0.0320. The lowest BCUT2D eigenvalue weighted by molar-refractivity contribution is -0.122. The summed E-state index contributed by atoms with van der Waals surface area (Å²) >= 11 is 0. The average Bonchev–Trinajstić information content (AvgIpc) is 3.08. The maximum Gasteiger partial charge on any atom is 0.242 e. The van der Waals surface area contributed by atoms with Gasteiger partial charge in [0, 0.05) is 6.54 Å². The van der Waals surface area contributed by atoms with Crippen molar-refractivity contribution in [1.29, 1.82) is 0 Å². The van der Waals surface area contributed by atoms with Gasteiger partial charge in [-0.25, -0.2) is 10.8 Å². The normalized spacial score (nSPS) is 17.8. The summed E-state index contributed by atoms with van der Waals surface area (Å²) < 4.78 is 0. The zero-order valence-electron chi connectivity index (χ0n) is 9.92. The van der Waals surface area contributed by atoms with E-state index in [0.717, 1.165) is 19.3 Å². The van der Waals surface area contributed by atoms with Gasteiger partial charge in [0.15, 0.2) is 0 Å². The molecule has 6 heteroatoms. The second-order valence-corrected chi connectivity index (χ2v) is 4.01. The van der Waals surface area contributed by atoms with Crippen LogP contribution in [0.4, 0.5) is 0 Å². The Balaban J connectivity index is 2.35. The van der Waals surface area contributed by atoms with Crippen LogP contribution in [0.3, 0.4) is 0 Å². The number of carbonyl (C=O) groups is 1. The van der Waals surface area contributed by atoms with Crippen molar-refractivity contribution in [2.75, 3.05) is 6.54 Å². The topological polar surface area (TPSA) is 91.5 Å². The number of nitrogens with one attached hydrogen (secondary N) is 3. The molecule has 0 aromatic carbocycles. The lowest BCUT2D eigenvalue weighted by atomic mass is 10.3. The van der Waals surface area contributed by atoms with E-state index in [-0.39, 0.29) is 11.9 Å². The second kappa shape index (κ2) is 6.32. The number of guanidine groups is 1. The van der Waals surface area contributed by atoms with Gasteiger partial charge in [-0.15, -0.1) is 0 Å². The zero-order valence-corrected chi connectivity index (χ0v) is 9.92. The van der Waals surface area contributed by atoms with Crippen molar-refractivity contribution in [3.05, 3.63) is 0 Å². The number of nitrogens with zero attached hydrogens (tertiary/aromatic N) is 1. The van der Waals surface area contributed by atoms with Crippen LogP contribution in [0.1, 0.15) is 33.1 Å². The number of aliphatic imine (C=N–C) groups is 1. The predicted molar refractivity (Wildman–Crippen MR) is 63.7 cm³/mol. The maximum absolute atomic E-state index is 11.6. The third kappa shape index (κ3) is 4.48. The Morgan fingerprint density at radius 2 is 2.25 bits per heavy atom. The van der Waals surface area contributed by atoms with Gasteiger partial charge in [0.2, 0.25) is 11.9 Å². The molecule has 1 amide bonds. The molecule has 1 fully saturated rings. The van der Waals surface area contributed by atoms with E-state index in [2.05, 4.69) is 21.1 Å². The van der Waals surface area contributed by atoms with Gasteiger partial charge in [0.25, 0.3) is 0 Å². The molecule has 1 unspecified atom stereocenters. The number of hydrogen-bond donors (Lipinski definition) is 4. The predicted octanol–water partition coefficient (Wildman–Crippen LogP) is -0.528. The first kappa shape index (κ1) is 12.8. The molecule has 0 heterocycles. The first-order valence-corrected chi connectivity index (χ1v) is 5.76. The van der Waals surface area contributed by atoms with Crippen molar-refractivity contribution in [2.45, 2.75) is 45.2 Å². The van der Waals surface area contributed by atoms with E-state index in [0.29, 0.717) is 18.5 Å². The van der Waals surface area contributed by atoms with Crippen molar-refractivity contribution in [3.8, 4) is 0 Å². The average molecular weight is 227 g/mol. The smallest absolute Gasteiger partial charge is 0.242 e. The van der Waals surface area contributed by atoms with Gasteiger partial charge >= 0.3 is 0 Å². The number of amides is 1. The van der Waals surface area contributed by atoms with Gasteiger partial charge in [0.05, 0.1) is 6.04 Å². The Hall–Kier alpha value is -1.30. The molecule has 16 heavy (non-hydrogen) atoms. The molecule has 1 aliphatic rings. The van der Waals surface area contributed by atoms with Crippen LogP contribution in [0, 0.1) is 0 Å². The summed E-state index contributed by atoms with van der Waals surface area (Å²) in [6.07, 6.45) is 3.13. The molecule has 0 spiro atoms. The molecule has 0 aliphatic heterocycles. The van der Waals surface area contributed by atoms with Gasteiger partial charge in [-0.2, -0.15) is 0 Å². The van der Waals surface area contributed by atoms with Crippen molar-refractivity contribution in [2.24, 2.45) is 10.8 Å². The Kier molecular flexibility index (Phi) is 5.04. The first-order valence-electron chi connectivity index (χ1n) is 5.76. The molecular weight excluding hydrogens is 206 g/mol. The summed E-state index contributed by atoms with van der Waals surface area (Å²) in [5.74, 6) is 5.77. The molecule has 92 valence electrons. The maximum atomic E-state index is 11.6. The van der Waals surface area contributed by atoms with Crippen molar-refractivity contribution >= 4 is 11.9 Å². The molecule has 1 rings (SSSR count). The Morgan fingerprint density at radius 3 is 2.75 bits per heavy atom. The van der Waals surface area contributed by atoms with Gasteiger partial charge in [-0.1, -0.05) is 6.92 Å². The Morgan fingerprint density at radius 1 is 1.56 bits per heavy atom. The molecule has 0 radical (unpaired) electrons. The van der Waals surface area contributed by atoms with Crippen LogP contribution in [0.2, 0.25) is 0 Å². The highest BCUT2D eigenvalue weighted by Crippen LogP contribution is 2.23. The molecule has 5 N–H and O–H groups in total. The SMILES string of the molecule is CCCNC(=O)C(C)NC(=NC1CC1)NN. The fourth-order valence-electron chi connectivity index (χ4n) is 1.17. The molecule has 1 saturated carbocycles. The van der Waals surface area contributed by atoms with E-state index >= 15 is 0 Å². The van der Waals surface area contributed by atoms with Crippen molar-refractivity contribution in [1.82, 2.24) is 16.1 Å². The standard InChI is InChI=1S/C10H21N5O/c1-3-6-12-9(16)7(2)13-10(15-11)14-8-4-5-8/h7-8H,3-6,11H2,1-2H3,(H,12,16)(H2,13,14,15). The van der Waals surface area contributed by atoms with Crippen LogP contribution in [0.25, 0.3) is 0 Å². The van der Waals surface area contributed by atoms with Gasteiger partial charge < -0.3 is 10.6 Å². The Labute approximate surface area is 96.0 Å². The summed E-state index contributed by atoms with van der Waals surface area (Å²) in [7, 11) is 0. The molecule has 0 saturated heterocycles. The molecule has 1 aliphatic carbocycles. The van der Waals surface area contributed by atoms with E-state index in [1.807, 2.05) is 6.92 Å². The van der Waals surface area contributed by atoms with Crippen LogP contribution in [0.15, 0.2) is 4.99 Å². The summed E-state index contributed by atoms with van der Waals surface area (Å²) in [5.41, 5.74) is 2.47. The minimum absolute atomic E-state index is 0.0411. The van der Waals surface area contributed by atoms with E-state index in [1.165, 1.54) is 0 Å². The molecule has 0 bridgehead atoms. The summed E-state index contributed by atoms with van der Waals surface area (Å²) in [4.78, 5) is 15.9. The van der Waals surface area contributed by atoms with Crippen molar-refractivity contribution < 1.29 is 4.79 Å². The first-order chi connectivity index (χ1) is 7.67. The fourth-order valence-corrected chi connectivity index (χ4v) is 1.17. The van der Waals surface area contributed by atoms with Crippen LogP contribution in [-0.2, 0) is 4.79 Å². The molecule has 0 aromatic heterocycles. The molecule has 0 aromatic rings. The third-order valence-corrected chi connectivity index (χ3v) is 2.29. The highest BCUT2D eigenvalue weighted by atomic mass is 16.2. The highest BCUT2D eigenvalue weighted by molar-refractivity contribution is 5.88. The quantitative estimate of drug-likeness (QED) is 0.220. The van der Waals surface area contributed by atoms with E-state index < -0.39 is 0 Å². The number of rotatable bonds is 5. The number of hydrogen-bond acceptors (Lipinski definition) is 3. The van der Waals surface area contributed by atoms with Gasteiger partial charge in [-0.3, -0.25) is 10.2 Å². The summed E-state index contributed by atoms with van der Waals surface area (Å²) in [6.45, 7) is 4.49. The van der Waals surface area contributed by atoms with Gasteiger partial charge in [-0.05, 0) is 26.2 Å². The van der Waals surface area contributed by atoms with Crippen molar-refractivity contribution in [3.63, 3.8) is 0 Å². The molecule has 6 nitrogen and oxygen atoms in total. The number of nitrogens with two attached hydrogens (primary N) is 1. The third-order valence-electron chi connectivity index (χ3n) is 2.29. The van der Waals surface area contributed by atoms with Gasteiger partial charge in [0.1, 0.15) is 6.04 Å². The monoisotopic (exact) mass is 227 g/mol. The minimum atomic E-state index is -0.333. The van der Waals surface area contributed by atoms with E-state index in [1.54, 1.807) is 6.92 Å². The van der Waals surface area contributed by atoms with E-state index in [9.17, 15) is 4.79 Å². The lowest BCUT2D eigenvalue weighted by Crippen LogP contribution is -2.51. The largest absolute Gasteiger partial charge is 0.354 e. The number of hydrazine groups is 1. The molecule has 1 atom stereocenters. The van der Waals surface area contributed by atoms with Crippen LogP contribution in [0.5, 0.6) is 0 Å². The molecular formula is C10H21N5O. The number of carbonyl (C=O) groups excluding carboxylic acids is 1. The zero-order chi connectivity index (χ0) is 12.0. The fraction of sp³-hybridized carbons (Fsp3) is 0.800. The van der Waals surface area contributed by atoms with E-state index in [4.69, 9.17) is 5.84 Å². The lowest BCUT2D eigenvalue weighted by Gasteiger charge is -2.16. The summed E-state index contributed by atoms with van der Waals surface area (Å²) in [5, 5.41) is 5.75.